The van der Waals surface area contributed by atoms with Crippen molar-refractivity contribution in [2.45, 2.75) is 13.8 Å². The van der Waals surface area contributed by atoms with E-state index in [0.29, 0.717) is 0 Å². The number of methoxy groups -OCH3 is 1. The Morgan fingerprint density at radius 1 is 1.40 bits per heavy atom. The molecule has 0 aliphatic rings. The Hall–Kier alpha value is -1.03. The first-order chi connectivity index (χ1) is 6.97. The lowest BCUT2D eigenvalue weighted by atomic mass is 10.1. The average molecular weight is 272 g/mol. The molecule has 0 aromatic heterocycles. The predicted octanol–water partition coefficient (Wildman–Crippen LogP) is 3.26. The van der Waals surface area contributed by atoms with Crippen molar-refractivity contribution in [1.29, 1.82) is 0 Å². The van der Waals surface area contributed by atoms with E-state index >= 15 is 0 Å². The number of carbonyl (C=O) groups excluding carboxylic acids is 1. The van der Waals surface area contributed by atoms with Gasteiger partial charge in [0.25, 0.3) is 4.82 Å². The molecule has 0 fully saturated rings. The maximum Gasteiger partial charge on any atom is 0.293 e. The van der Waals surface area contributed by atoms with Gasteiger partial charge < -0.3 is 9.64 Å². The third kappa shape index (κ3) is 2.50. The summed E-state index contributed by atoms with van der Waals surface area (Å²) in [5.74, 6) is 0.732. The van der Waals surface area contributed by atoms with E-state index in [0.717, 1.165) is 22.6 Å². The van der Waals surface area contributed by atoms with Gasteiger partial charge in [-0.05, 0) is 31.0 Å². The zero-order chi connectivity index (χ0) is 11.6. The largest absolute Gasteiger partial charge is 0.494 e. The summed E-state index contributed by atoms with van der Waals surface area (Å²) in [5, 5.41) is 0. The first-order valence-corrected chi connectivity index (χ1v) is 5.35. The van der Waals surface area contributed by atoms with Crippen LogP contribution in [-0.2, 0) is 0 Å². The monoisotopic (exact) mass is 271 g/mol. The lowest BCUT2D eigenvalue weighted by Gasteiger charge is -2.19. The second-order valence-corrected chi connectivity index (χ2v) is 4.12. The van der Waals surface area contributed by atoms with Gasteiger partial charge in [0, 0.05) is 23.0 Å². The van der Waals surface area contributed by atoms with Crippen LogP contribution in [0.2, 0.25) is 0 Å². The highest BCUT2D eigenvalue weighted by Crippen LogP contribution is 2.33. The first-order valence-electron chi connectivity index (χ1n) is 4.55. The van der Waals surface area contributed by atoms with Gasteiger partial charge in [0.15, 0.2) is 0 Å². The maximum absolute atomic E-state index is 11.2. The van der Waals surface area contributed by atoms with Crippen molar-refractivity contribution in [1.82, 2.24) is 0 Å². The summed E-state index contributed by atoms with van der Waals surface area (Å²) >= 11 is 2.92. The molecular weight excluding hydrogens is 258 g/mol. The van der Waals surface area contributed by atoms with E-state index in [9.17, 15) is 4.79 Å². The van der Waals surface area contributed by atoms with Crippen LogP contribution in [0, 0.1) is 13.8 Å². The molecule has 0 saturated carbocycles. The van der Waals surface area contributed by atoms with Crippen LogP contribution < -0.4 is 9.64 Å². The predicted molar refractivity (Wildman–Crippen MR) is 65.2 cm³/mol. The fourth-order valence-electron chi connectivity index (χ4n) is 1.54. The van der Waals surface area contributed by atoms with Gasteiger partial charge in [0.2, 0.25) is 0 Å². The van der Waals surface area contributed by atoms with Gasteiger partial charge in [0.1, 0.15) is 5.75 Å². The Kier molecular flexibility index (Phi) is 3.74. The molecule has 0 bridgehead atoms. The molecule has 82 valence electrons. The maximum atomic E-state index is 11.2. The molecule has 0 saturated heterocycles. The minimum Gasteiger partial charge on any atom is -0.494 e. The summed E-state index contributed by atoms with van der Waals surface area (Å²) in [4.78, 5) is 12.5. The Labute approximate surface area is 98.2 Å². The van der Waals surface area contributed by atoms with Crippen molar-refractivity contribution in [2.24, 2.45) is 0 Å². The number of halogens is 1. The van der Waals surface area contributed by atoms with Gasteiger partial charge in [-0.1, -0.05) is 6.07 Å². The highest BCUT2D eigenvalue weighted by Gasteiger charge is 2.15. The third-order valence-electron chi connectivity index (χ3n) is 2.23. The molecule has 0 atom stereocenters. The van der Waals surface area contributed by atoms with Crippen LogP contribution in [0.1, 0.15) is 11.1 Å². The second kappa shape index (κ2) is 4.66. The van der Waals surface area contributed by atoms with E-state index in [1.807, 2.05) is 26.0 Å². The van der Waals surface area contributed by atoms with Gasteiger partial charge in [-0.2, -0.15) is 0 Å². The van der Waals surface area contributed by atoms with Crippen LogP contribution >= 0.6 is 15.9 Å². The van der Waals surface area contributed by atoms with Crippen LogP contribution in [0.15, 0.2) is 12.1 Å². The first kappa shape index (κ1) is 12.0. The van der Waals surface area contributed by atoms with Gasteiger partial charge in [-0.3, -0.25) is 4.79 Å². The highest BCUT2D eigenvalue weighted by molar-refractivity contribution is 9.18. The average Bonchev–Trinajstić information content (AvgIpc) is 2.15. The van der Waals surface area contributed by atoms with E-state index in [-0.39, 0.29) is 4.82 Å². The molecule has 0 aliphatic heterocycles. The van der Waals surface area contributed by atoms with Crippen LogP contribution in [0.25, 0.3) is 0 Å². The summed E-state index contributed by atoms with van der Waals surface area (Å²) in [6.07, 6.45) is 0. The standard InChI is InChI=1S/C11H14BrNO2/c1-7-5-8(2)10(15-4)9(6-7)13(3)11(12)14/h5-6H,1-4H3. The molecule has 1 aromatic rings. The molecule has 3 nitrogen and oxygen atoms in total. The van der Waals surface area contributed by atoms with Crippen molar-refractivity contribution in [3.05, 3.63) is 23.3 Å². The molecule has 0 heterocycles. The zero-order valence-electron chi connectivity index (χ0n) is 9.30. The molecule has 0 N–H and O–H groups in total. The van der Waals surface area contributed by atoms with Gasteiger partial charge >= 0.3 is 0 Å². The molecule has 15 heavy (non-hydrogen) atoms. The van der Waals surface area contributed by atoms with Gasteiger partial charge in [-0.15, -0.1) is 0 Å². The molecule has 0 aliphatic carbocycles. The minimum absolute atomic E-state index is 0.189. The van der Waals surface area contributed by atoms with E-state index in [4.69, 9.17) is 4.74 Å². The number of hydrogen-bond donors (Lipinski definition) is 0. The van der Waals surface area contributed by atoms with Crippen molar-refractivity contribution in [3.63, 3.8) is 0 Å². The molecule has 1 amide bonds. The zero-order valence-corrected chi connectivity index (χ0v) is 10.9. The van der Waals surface area contributed by atoms with Crippen molar-refractivity contribution in [2.75, 3.05) is 19.1 Å². The summed E-state index contributed by atoms with van der Waals surface area (Å²) in [6.45, 7) is 3.95. The molecule has 0 spiro atoms. The topological polar surface area (TPSA) is 29.5 Å². The van der Waals surface area contributed by atoms with Crippen molar-refractivity contribution >= 4 is 26.4 Å². The van der Waals surface area contributed by atoms with Gasteiger partial charge in [-0.25, -0.2) is 0 Å². The molecule has 0 unspecified atom stereocenters. The lowest BCUT2D eigenvalue weighted by Crippen LogP contribution is -2.20. The quantitative estimate of drug-likeness (QED) is 0.611. The summed E-state index contributed by atoms with van der Waals surface area (Å²) in [6, 6.07) is 3.94. The number of aryl methyl sites for hydroxylation is 2. The Bertz CT molecular complexity index is 390. The summed E-state index contributed by atoms with van der Waals surface area (Å²) in [7, 11) is 3.31. The smallest absolute Gasteiger partial charge is 0.293 e. The number of benzene rings is 1. The fraction of sp³-hybridized carbons (Fsp3) is 0.364. The number of amides is 1. The summed E-state index contributed by atoms with van der Waals surface area (Å²) < 4.78 is 5.29. The van der Waals surface area contributed by atoms with Crippen LogP contribution in [-0.4, -0.2) is 19.0 Å². The number of nitrogens with zero attached hydrogens (tertiary/aromatic N) is 1. The molecule has 1 aromatic carbocycles. The van der Waals surface area contributed by atoms with Crippen molar-refractivity contribution < 1.29 is 9.53 Å². The Morgan fingerprint density at radius 3 is 2.47 bits per heavy atom. The lowest BCUT2D eigenvalue weighted by molar-refractivity contribution is 0.266. The van der Waals surface area contributed by atoms with Crippen molar-refractivity contribution in [3.8, 4) is 5.75 Å². The SMILES string of the molecule is COc1c(C)cc(C)cc1N(C)C(=O)Br. The molecule has 0 radical (unpaired) electrons. The van der Waals surface area contributed by atoms with Gasteiger partial charge in [0.05, 0.1) is 12.8 Å². The van der Waals surface area contributed by atoms with E-state index < -0.39 is 0 Å². The third-order valence-corrected chi connectivity index (χ3v) is 2.76. The molecular formula is C11H14BrNO2. The number of anilines is 1. The van der Waals surface area contributed by atoms with E-state index in [1.165, 1.54) is 4.90 Å². The normalized spacial score (nSPS) is 9.93. The number of hydrogen-bond acceptors (Lipinski definition) is 2. The fourth-order valence-corrected chi connectivity index (χ4v) is 1.73. The van der Waals surface area contributed by atoms with E-state index in [2.05, 4.69) is 15.9 Å². The Balaban J connectivity index is 3.32. The van der Waals surface area contributed by atoms with Crippen LogP contribution in [0.4, 0.5) is 10.5 Å². The number of ether oxygens (including phenoxy) is 1. The summed E-state index contributed by atoms with van der Waals surface area (Å²) in [5.41, 5.74) is 2.90. The van der Waals surface area contributed by atoms with Crippen LogP contribution in [0.5, 0.6) is 5.75 Å². The van der Waals surface area contributed by atoms with Crippen LogP contribution in [0.3, 0.4) is 0 Å². The van der Waals surface area contributed by atoms with E-state index in [1.54, 1.807) is 14.2 Å². The second-order valence-electron chi connectivity index (χ2n) is 3.45. The Morgan fingerprint density at radius 2 is 2.00 bits per heavy atom. The highest BCUT2D eigenvalue weighted by atomic mass is 79.9. The molecule has 4 heteroatoms. The minimum atomic E-state index is -0.189. The number of carbonyl (C=O) groups is 1. The number of rotatable bonds is 2. The molecule has 1 rings (SSSR count).